The van der Waals surface area contributed by atoms with Gasteiger partial charge >= 0.3 is 0 Å². The summed E-state index contributed by atoms with van der Waals surface area (Å²) in [4.78, 5) is 1.46. The van der Waals surface area contributed by atoms with E-state index in [-0.39, 0.29) is 6.10 Å². The summed E-state index contributed by atoms with van der Waals surface area (Å²) < 4.78 is 12.4. The summed E-state index contributed by atoms with van der Waals surface area (Å²) in [7, 11) is 0. The predicted molar refractivity (Wildman–Crippen MR) is 113 cm³/mol. The van der Waals surface area contributed by atoms with E-state index in [1.54, 1.807) is 0 Å². The molecule has 0 aromatic heterocycles. The maximum absolute atomic E-state index is 6.23. The zero-order valence-corrected chi connectivity index (χ0v) is 16.5. The largest absolute Gasteiger partial charge is 0.493 e. The number of hydrogen-bond acceptors (Lipinski definition) is 3. The van der Waals surface area contributed by atoms with E-state index < -0.39 is 0 Å². The number of rotatable bonds is 2. The molecule has 3 aromatic carbocycles. The summed E-state index contributed by atoms with van der Waals surface area (Å²) in [5.74, 6) is 3.71. The molecule has 3 aliphatic heterocycles. The van der Waals surface area contributed by atoms with Gasteiger partial charge in [-0.25, -0.2) is 0 Å². The number of fused-ring (bicyclic) bond motifs is 3. The molecular weight excluding hydrogens is 364 g/mol. The molecule has 140 valence electrons. The maximum atomic E-state index is 6.23. The van der Waals surface area contributed by atoms with Gasteiger partial charge in [-0.2, -0.15) is 0 Å². The third-order valence-corrected chi connectivity index (χ3v) is 7.32. The number of aryl methyl sites for hydroxylation is 1. The minimum atomic E-state index is 0.0956. The molecule has 0 amide bonds. The van der Waals surface area contributed by atoms with Crippen LogP contribution in [-0.2, 0) is 19.3 Å². The number of benzene rings is 3. The summed E-state index contributed by atoms with van der Waals surface area (Å²) in [6.07, 6.45) is 3.28. The van der Waals surface area contributed by atoms with Crippen LogP contribution in [0.5, 0.6) is 11.5 Å². The normalized spacial score (nSPS) is 22.0. The number of hydrogen-bond donors (Lipinski definition) is 0. The first-order chi connectivity index (χ1) is 13.8. The van der Waals surface area contributed by atoms with Crippen molar-refractivity contribution in [1.82, 2.24) is 0 Å². The van der Waals surface area contributed by atoms with Crippen LogP contribution in [0.15, 0.2) is 65.6 Å². The molecule has 0 N–H and O–H groups in total. The van der Waals surface area contributed by atoms with Crippen molar-refractivity contribution in [2.24, 2.45) is 0 Å². The van der Waals surface area contributed by atoms with Gasteiger partial charge in [0.25, 0.3) is 0 Å². The predicted octanol–water partition coefficient (Wildman–Crippen LogP) is 5.73. The molecule has 3 aliphatic rings. The molecule has 3 heterocycles. The van der Waals surface area contributed by atoms with Crippen molar-refractivity contribution >= 4 is 11.8 Å². The summed E-state index contributed by atoms with van der Waals surface area (Å²) in [5, 5.41) is 0. The van der Waals surface area contributed by atoms with Crippen LogP contribution in [0.25, 0.3) is 0 Å². The van der Waals surface area contributed by atoms with Gasteiger partial charge in [0, 0.05) is 23.0 Å². The Morgan fingerprint density at radius 3 is 2.64 bits per heavy atom. The average Bonchev–Trinajstić information content (AvgIpc) is 3.39. The number of para-hydroxylation sites is 1. The van der Waals surface area contributed by atoms with Crippen LogP contribution >= 0.6 is 11.8 Å². The second-order valence-corrected chi connectivity index (χ2v) is 9.10. The minimum Gasteiger partial charge on any atom is -0.493 e. The zero-order valence-electron chi connectivity index (χ0n) is 15.7. The molecule has 2 nitrogen and oxygen atoms in total. The van der Waals surface area contributed by atoms with E-state index in [9.17, 15) is 0 Å². The molecule has 0 saturated carbocycles. The molecule has 6 rings (SSSR count). The quantitative estimate of drug-likeness (QED) is 0.560. The molecule has 2 unspecified atom stereocenters. The Labute approximate surface area is 169 Å². The highest BCUT2D eigenvalue weighted by atomic mass is 32.2. The molecule has 0 saturated heterocycles. The molecule has 0 spiro atoms. The summed E-state index contributed by atoms with van der Waals surface area (Å²) >= 11 is 1.98. The van der Waals surface area contributed by atoms with E-state index in [1.165, 1.54) is 44.9 Å². The van der Waals surface area contributed by atoms with Crippen molar-refractivity contribution in [3.05, 3.63) is 88.5 Å². The highest BCUT2D eigenvalue weighted by Gasteiger charge is 2.27. The van der Waals surface area contributed by atoms with Gasteiger partial charge in [-0.15, -0.1) is 11.8 Å². The van der Waals surface area contributed by atoms with Crippen molar-refractivity contribution in [2.45, 2.75) is 36.2 Å². The SMILES string of the molecule is c1ccc2c(c1)CC(c1ccc3c(c1)OCC(c1ccc4c(c1)CCS4)C3)O2. The molecule has 3 heteroatoms. The minimum absolute atomic E-state index is 0.0956. The van der Waals surface area contributed by atoms with E-state index in [4.69, 9.17) is 9.47 Å². The maximum Gasteiger partial charge on any atom is 0.128 e. The highest BCUT2D eigenvalue weighted by Crippen LogP contribution is 2.40. The lowest BCUT2D eigenvalue weighted by atomic mass is 9.88. The average molecular weight is 387 g/mol. The van der Waals surface area contributed by atoms with Crippen LogP contribution in [0.4, 0.5) is 0 Å². The van der Waals surface area contributed by atoms with Gasteiger partial charge in [-0.1, -0.05) is 42.5 Å². The van der Waals surface area contributed by atoms with Crippen molar-refractivity contribution in [2.75, 3.05) is 12.4 Å². The van der Waals surface area contributed by atoms with Crippen LogP contribution in [0.1, 0.15) is 39.8 Å². The van der Waals surface area contributed by atoms with Gasteiger partial charge in [0.1, 0.15) is 17.6 Å². The van der Waals surface area contributed by atoms with Crippen molar-refractivity contribution < 1.29 is 9.47 Å². The van der Waals surface area contributed by atoms with Crippen molar-refractivity contribution in [1.29, 1.82) is 0 Å². The van der Waals surface area contributed by atoms with E-state index in [0.717, 1.165) is 30.9 Å². The van der Waals surface area contributed by atoms with E-state index >= 15 is 0 Å². The molecule has 0 fully saturated rings. The van der Waals surface area contributed by atoms with Crippen LogP contribution in [-0.4, -0.2) is 12.4 Å². The molecule has 3 aromatic rings. The van der Waals surface area contributed by atoms with Crippen LogP contribution in [0, 0.1) is 0 Å². The molecule has 0 bridgehead atoms. The third-order valence-electron chi connectivity index (χ3n) is 6.20. The van der Waals surface area contributed by atoms with Gasteiger partial charge in [-0.3, -0.25) is 0 Å². The zero-order chi connectivity index (χ0) is 18.5. The standard InChI is InChI=1S/C25H22O2S/c1-2-4-22-17(3-1)14-24(27-22)19-6-5-18-12-21(15-26-23(18)13-19)16-7-8-25-20(11-16)9-10-28-25/h1-8,11,13,21,24H,9-10,12,14-15H2. The van der Waals surface area contributed by atoms with Gasteiger partial charge in [-0.05, 0) is 58.9 Å². The Kier molecular flexibility index (Phi) is 3.90. The Balaban J connectivity index is 1.23. The summed E-state index contributed by atoms with van der Waals surface area (Å²) in [6.45, 7) is 0.758. The molecule has 2 atom stereocenters. The fraction of sp³-hybridized carbons (Fsp3) is 0.280. The third kappa shape index (κ3) is 2.80. The van der Waals surface area contributed by atoms with Crippen molar-refractivity contribution in [3.63, 3.8) is 0 Å². The van der Waals surface area contributed by atoms with Crippen molar-refractivity contribution in [3.8, 4) is 11.5 Å². The molecule has 0 aliphatic carbocycles. The van der Waals surface area contributed by atoms with Gasteiger partial charge < -0.3 is 9.47 Å². The van der Waals surface area contributed by atoms with E-state index in [2.05, 4.69) is 54.6 Å². The summed E-state index contributed by atoms with van der Waals surface area (Å²) in [6, 6.07) is 22.0. The van der Waals surface area contributed by atoms with Gasteiger partial charge in [0.05, 0.1) is 6.61 Å². The van der Waals surface area contributed by atoms with Crippen LogP contribution in [0.2, 0.25) is 0 Å². The molecule has 0 radical (unpaired) electrons. The lowest BCUT2D eigenvalue weighted by Crippen LogP contribution is -2.20. The molecule has 28 heavy (non-hydrogen) atoms. The van der Waals surface area contributed by atoms with Gasteiger partial charge in [0.15, 0.2) is 0 Å². The lowest BCUT2D eigenvalue weighted by molar-refractivity contribution is 0.234. The first kappa shape index (κ1) is 16.6. The Morgan fingerprint density at radius 2 is 1.68 bits per heavy atom. The highest BCUT2D eigenvalue weighted by molar-refractivity contribution is 7.99. The Bertz CT molecular complexity index is 1030. The fourth-order valence-corrected chi connectivity index (χ4v) is 5.68. The number of ether oxygens (including phenoxy) is 2. The molecular formula is C25H22O2S. The van der Waals surface area contributed by atoms with Gasteiger partial charge in [0.2, 0.25) is 0 Å². The Morgan fingerprint density at radius 1 is 0.786 bits per heavy atom. The van der Waals surface area contributed by atoms with Crippen LogP contribution < -0.4 is 9.47 Å². The van der Waals surface area contributed by atoms with Crippen LogP contribution in [0.3, 0.4) is 0 Å². The number of thioether (sulfide) groups is 1. The first-order valence-corrected chi connectivity index (χ1v) is 11.1. The van der Waals surface area contributed by atoms with E-state index in [0.29, 0.717) is 5.92 Å². The lowest BCUT2D eigenvalue weighted by Gasteiger charge is -2.27. The summed E-state index contributed by atoms with van der Waals surface area (Å²) in [5.41, 5.74) is 6.75. The smallest absolute Gasteiger partial charge is 0.128 e. The second kappa shape index (κ2) is 6.59. The second-order valence-electron chi connectivity index (χ2n) is 7.96. The first-order valence-electron chi connectivity index (χ1n) is 10.1. The van der Waals surface area contributed by atoms with E-state index in [1.807, 2.05) is 17.8 Å². The Hall–Kier alpha value is -2.39. The topological polar surface area (TPSA) is 18.5 Å². The monoisotopic (exact) mass is 386 g/mol. The fourth-order valence-electron chi connectivity index (χ4n) is 4.63.